The Kier molecular flexibility index (Phi) is 2.68. The molecule has 2 aromatic rings. The van der Waals surface area contributed by atoms with E-state index in [0.717, 1.165) is 23.0 Å². The van der Waals surface area contributed by atoms with Crippen molar-refractivity contribution in [3.63, 3.8) is 0 Å². The first-order valence-corrected chi connectivity index (χ1v) is 4.91. The second-order valence-corrected chi connectivity index (χ2v) is 3.62. The fourth-order valence-corrected chi connectivity index (χ4v) is 1.66. The lowest BCUT2D eigenvalue weighted by Crippen LogP contribution is -1.87. The van der Waals surface area contributed by atoms with E-state index in [0.29, 0.717) is 5.56 Å². The van der Waals surface area contributed by atoms with Crippen LogP contribution in [0.5, 0.6) is 5.75 Å². The van der Waals surface area contributed by atoms with Crippen LogP contribution in [0.2, 0.25) is 0 Å². The average Bonchev–Trinajstić information content (AvgIpc) is 2.28. The third-order valence-electron chi connectivity index (χ3n) is 2.42. The molecule has 0 aliphatic rings. The molecule has 0 atom stereocenters. The number of hydrogen-bond acceptors (Lipinski definition) is 3. The van der Waals surface area contributed by atoms with E-state index < -0.39 is 0 Å². The summed E-state index contributed by atoms with van der Waals surface area (Å²) in [4.78, 5) is 14.5. The highest BCUT2D eigenvalue weighted by Gasteiger charge is 2.03. The molecule has 1 heterocycles. The lowest BCUT2D eigenvalue weighted by molar-refractivity contribution is 0.112. The summed E-state index contributed by atoms with van der Waals surface area (Å²) in [6, 6.07) is 7.07. The molecule has 0 aliphatic heterocycles. The molecule has 0 radical (unpaired) electrons. The number of aromatic nitrogens is 1. The normalized spacial score (nSPS) is 10.1. The minimum Gasteiger partial charge on any atom is -0.506 e. The molecule has 16 heavy (non-hydrogen) atoms. The van der Waals surface area contributed by atoms with Gasteiger partial charge in [0.15, 0.2) is 0 Å². The average molecular weight is 213 g/mol. The number of aryl methyl sites for hydroxylation is 1. The maximum atomic E-state index is 10.6. The molecule has 0 saturated heterocycles. The number of aromatic hydroxyl groups is 1. The first-order valence-electron chi connectivity index (χ1n) is 4.91. The van der Waals surface area contributed by atoms with E-state index in [1.807, 2.05) is 19.1 Å². The highest BCUT2D eigenvalue weighted by molar-refractivity contribution is 5.78. The van der Waals surface area contributed by atoms with Crippen LogP contribution in [0.4, 0.5) is 0 Å². The van der Waals surface area contributed by atoms with Crippen LogP contribution in [-0.4, -0.2) is 16.4 Å². The first-order chi connectivity index (χ1) is 7.70. The topological polar surface area (TPSA) is 50.2 Å². The van der Waals surface area contributed by atoms with E-state index in [1.165, 1.54) is 6.20 Å². The molecule has 0 aliphatic carbocycles. The van der Waals surface area contributed by atoms with E-state index in [-0.39, 0.29) is 5.75 Å². The Morgan fingerprint density at radius 3 is 2.69 bits per heavy atom. The zero-order valence-corrected chi connectivity index (χ0v) is 8.84. The number of benzene rings is 1. The van der Waals surface area contributed by atoms with Gasteiger partial charge in [-0.2, -0.15) is 0 Å². The van der Waals surface area contributed by atoms with Crippen LogP contribution in [0.15, 0.2) is 36.7 Å². The van der Waals surface area contributed by atoms with Crippen LogP contribution < -0.4 is 0 Å². The predicted octanol–water partition coefficient (Wildman–Crippen LogP) is 2.58. The summed E-state index contributed by atoms with van der Waals surface area (Å²) in [7, 11) is 0. The summed E-state index contributed by atoms with van der Waals surface area (Å²) >= 11 is 0. The molecule has 0 saturated carbocycles. The van der Waals surface area contributed by atoms with Crippen molar-refractivity contribution < 1.29 is 9.90 Å². The highest BCUT2D eigenvalue weighted by Crippen LogP contribution is 2.25. The number of hydrogen-bond donors (Lipinski definition) is 1. The Balaban J connectivity index is 2.52. The van der Waals surface area contributed by atoms with Crippen molar-refractivity contribution in [1.29, 1.82) is 0 Å². The maximum absolute atomic E-state index is 10.6. The van der Waals surface area contributed by atoms with Crippen molar-refractivity contribution in [2.75, 3.05) is 0 Å². The molecular weight excluding hydrogens is 202 g/mol. The highest BCUT2D eigenvalue weighted by atomic mass is 16.3. The summed E-state index contributed by atoms with van der Waals surface area (Å²) in [6.45, 7) is 1.92. The molecule has 1 aromatic heterocycles. The standard InChI is InChI=1S/C13H11NO2/c1-9-4-10(8-15)2-3-13(9)11-5-12(16)7-14-6-11/h2-8,16H,1H3. The second-order valence-electron chi connectivity index (χ2n) is 3.62. The van der Waals surface area contributed by atoms with Gasteiger partial charge in [-0.25, -0.2) is 0 Å². The molecule has 80 valence electrons. The van der Waals surface area contributed by atoms with Crippen molar-refractivity contribution in [2.24, 2.45) is 0 Å². The maximum Gasteiger partial charge on any atom is 0.150 e. The SMILES string of the molecule is Cc1cc(C=O)ccc1-c1cncc(O)c1. The van der Waals surface area contributed by atoms with E-state index in [4.69, 9.17) is 0 Å². The fraction of sp³-hybridized carbons (Fsp3) is 0.0769. The number of carbonyl (C=O) groups is 1. The van der Waals surface area contributed by atoms with Crippen molar-refractivity contribution in [2.45, 2.75) is 6.92 Å². The summed E-state index contributed by atoms with van der Waals surface area (Å²) in [5.41, 5.74) is 3.44. The van der Waals surface area contributed by atoms with Gasteiger partial charge >= 0.3 is 0 Å². The summed E-state index contributed by atoms with van der Waals surface area (Å²) in [5, 5.41) is 9.35. The summed E-state index contributed by atoms with van der Waals surface area (Å²) in [5.74, 6) is 0.136. The van der Waals surface area contributed by atoms with Gasteiger partial charge in [-0.05, 0) is 30.2 Å². The third-order valence-corrected chi connectivity index (χ3v) is 2.42. The van der Waals surface area contributed by atoms with Gasteiger partial charge in [0.1, 0.15) is 12.0 Å². The van der Waals surface area contributed by atoms with Gasteiger partial charge in [0.2, 0.25) is 0 Å². The lowest BCUT2D eigenvalue weighted by Gasteiger charge is -2.06. The van der Waals surface area contributed by atoms with Gasteiger partial charge in [-0.3, -0.25) is 9.78 Å². The Labute approximate surface area is 93.4 Å². The van der Waals surface area contributed by atoms with Gasteiger partial charge in [0, 0.05) is 17.3 Å². The Morgan fingerprint density at radius 1 is 1.25 bits per heavy atom. The van der Waals surface area contributed by atoms with Gasteiger partial charge in [0.05, 0.1) is 6.20 Å². The quantitative estimate of drug-likeness (QED) is 0.780. The Hall–Kier alpha value is -2.16. The van der Waals surface area contributed by atoms with Crippen molar-refractivity contribution in [1.82, 2.24) is 4.98 Å². The molecule has 3 heteroatoms. The molecule has 2 rings (SSSR count). The van der Waals surface area contributed by atoms with Gasteiger partial charge in [-0.15, -0.1) is 0 Å². The predicted molar refractivity (Wildman–Crippen MR) is 61.5 cm³/mol. The molecule has 1 N–H and O–H groups in total. The molecule has 0 bridgehead atoms. The summed E-state index contributed by atoms with van der Waals surface area (Å²) < 4.78 is 0. The van der Waals surface area contributed by atoms with Gasteiger partial charge in [0.25, 0.3) is 0 Å². The van der Waals surface area contributed by atoms with Crippen molar-refractivity contribution in [3.05, 3.63) is 47.8 Å². The molecule has 1 aromatic carbocycles. The number of pyridine rings is 1. The van der Waals surface area contributed by atoms with E-state index in [9.17, 15) is 9.90 Å². The number of carbonyl (C=O) groups excluding carboxylic acids is 1. The largest absolute Gasteiger partial charge is 0.506 e. The third kappa shape index (κ3) is 1.93. The smallest absolute Gasteiger partial charge is 0.150 e. The van der Waals surface area contributed by atoms with Crippen LogP contribution in [0.3, 0.4) is 0 Å². The molecule has 0 fully saturated rings. The zero-order valence-electron chi connectivity index (χ0n) is 8.84. The molecule has 0 spiro atoms. The van der Waals surface area contributed by atoms with Crippen LogP contribution >= 0.6 is 0 Å². The molecule has 0 amide bonds. The molecule has 3 nitrogen and oxygen atoms in total. The number of nitrogens with zero attached hydrogens (tertiary/aromatic N) is 1. The van der Waals surface area contributed by atoms with Gasteiger partial charge < -0.3 is 5.11 Å². The van der Waals surface area contributed by atoms with Crippen LogP contribution in [0, 0.1) is 6.92 Å². The van der Waals surface area contributed by atoms with E-state index in [2.05, 4.69) is 4.98 Å². The number of aldehydes is 1. The minimum absolute atomic E-state index is 0.136. The summed E-state index contributed by atoms with van der Waals surface area (Å²) in [6.07, 6.45) is 3.89. The zero-order chi connectivity index (χ0) is 11.5. The monoisotopic (exact) mass is 213 g/mol. The van der Waals surface area contributed by atoms with Crippen molar-refractivity contribution >= 4 is 6.29 Å². The van der Waals surface area contributed by atoms with E-state index in [1.54, 1.807) is 18.3 Å². The Bertz CT molecular complexity index is 535. The molecular formula is C13H11NO2. The van der Waals surface area contributed by atoms with Crippen LogP contribution in [0.25, 0.3) is 11.1 Å². The van der Waals surface area contributed by atoms with E-state index >= 15 is 0 Å². The van der Waals surface area contributed by atoms with Crippen LogP contribution in [-0.2, 0) is 0 Å². The molecule has 0 unspecified atom stereocenters. The van der Waals surface area contributed by atoms with Crippen molar-refractivity contribution in [3.8, 4) is 16.9 Å². The van der Waals surface area contributed by atoms with Gasteiger partial charge in [-0.1, -0.05) is 12.1 Å². The Morgan fingerprint density at radius 2 is 2.06 bits per heavy atom. The minimum atomic E-state index is 0.136. The lowest BCUT2D eigenvalue weighted by atomic mass is 10.00. The van der Waals surface area contributed by atoms with Crippen LogP contribution in [0.1, 0.15) is 15.9 Å². The second kappa shape index (κ2) is 4.14. The number of rotatable bonds is 2. The first kappa shape index (κ1) is 10.4. The fourth-order valence-electron chi connectivity index (χ4n) is 1.66.